The number of rotatable bonds is 4. The number of aromatic nitrogens is 3. The highest BCUT2D eigenvalue weighted by atomic mass is 16.4. The summed E-state index contributed by atoms with van der Waals surface area (Å²) < 4.78 is 6.25. The van der Waals surface area contributed by atoms with Crippen LogP contribution in [-0.2, 0) is 0 Å². The number of fused-ring (bicyclic) bond motifs is 9. The molecule has 11 aromatic rings. The van der Waals surface area contributed by atoms with Crippen LogP contribution in [0.2, 0.25) is 0 Å². The molecule has 56 heavy (non-hydrogen) atoms. The van der Waals surface area contributed by atoms with Crippen molar-refractivity contribution in [1.29, 1.82) is 0 Å². The van der Waals surface area contributed by atoms with E-state index in [0.717, 1.165) is 66.1 Å². The quantitative estimate of drug-likeness (QED) is 0.0913. The minimum absolute atomic E-state index is 0.244. The molecule has 0 bridgehead atoms. The van der Waals surface area contributed by atoms with E-state index in [0.29, 0.717) is 11.0 Å². The van der Waals surface area contributed by atoms with Crippen LogP contribution >= 0.6 is 0 Å². The van der Waals surface area contributed by atoms with Crippen molar-refractivity contribution in [2.24, 2.45) is 0 Å². The molecule has 8 aromatic carbocycles. The fourth-order valence-electron chi connectivity index (χ4n) is 8.65. The predicted molar refractivity (Wildman–Crippen MR) is 223 cm³/mol. The van der Waals surface area contributed by atoms with Gasteiger partial charge in [-0.15, -0.1) is 0 Å². The molecule has 0 unspecified atom stereocenters. The van der Waals surface area contributed by atoms with Gasteiger partial charge in [-0.3, -0.25) is 0 Å². The summed E-state index contributed by atoms with van der Waals surface area (Å²) in [4.78, 5) is 0. The van der Waals surface area contributed by atoms with E-state index in [4.69, 9.17) is 0 Å². The molecule has 0 aliphatic carbocycles. The zero-order valence-electron chi connectivity index (χ0n) is 29.6. The van der Waals surface area contributed by atoms with Gasteiger partial charge in [-0.2, -0.15) is 0 Å². The average Bonchev–Trinajstić information content (AvgIpc) is 3.87. The van der Waals surface area contributed by atoms with Gasteiger partial charge < -0.3 is 39.2 Å². The first-order valence-corrected chi connectivity index (χ1v) is 18.2. The van der Waals surface area contributed by atoms with Crippen LogP contribution in [0.25, 0.3) is 93.6 Å². The smallest absolute Gasteiger partial charge is 0.208 e. The molecule has 0 atom stereocenters. The first-order valence-electron chi connectivity index (χ1n) is 18.2. The van der Waals surface area contributed by atoms with Crippen molar-refractivity contribution in [3.63, 3.8) is 0 Å². The summed E-state index contributed by atoms with van der Waals surface area (Å²) in [6.45, 7) is 0. The second-order valence-electron chi connectivity index (χ2n) is 14.2. The van der Waals surface area contributed by atoms with Crippen molar-refractivity contribution in [2.45, 2.75) is 0 Å². The van der Waals surface area contributed by atoms with Gasteiger partial charge in [0.05, 0.1) is 33.1 Å². The highest BCUT2D eigenvalue weighted by molar-refractivity contribution is 6.20. The van der Waals surface area contributed by atoms with Gasteiger partial charge in [0.1, 0.15) is 5.69 Å². The summed E-state index contributed by atoms with van der Waals surface area (Å²) in [5.74, 6) is -4.37. The zero-order chi connectivity index (χ0) is 37.8. The summed E-state index contributed by atoms with van der Waals surface area (Å²) in [6, 6.07) is 54.1. The highest BCUT2D eigenvalue weighted by Gasteiger charge is 2.27. The molecule has 0 aliphatic heterocycles. The van der Waals surface area contributed by atoms with Crippen LogP contribution in [-0.4, -0.2) is 39.2 Å². The Morgan fingerprint density at radius 1 is 0.268 bits per heavy atom. The van der Waals surface area contributed by atoms with Crippen molar-refractivity contribution in [1.82, 2.24) is 13.7 Å². The molecule has 0 radical (unpaired) electrons. The number of nitrogens with zero attached hydrogens (tertiary/aromatic N) is 3. The predicted octanol–water partition coefficient (Wildman–Crippen LogP) is 11.2. The maximum absolute atomic E-state index is 11.0. The fraction of sp³-hybridized carbons (Fsp3) is 0. The molecule has 0 fully saturated rings. The van der Waals surface area contributed by atoms with Gasteiger partial charge >= 0.3 is 0 Å². The van der Waals surface area contributed by atoms with E-state index in [-0.39, 0.29) is 5.69 Å². The minimum atomic E-state index is -1.00. The largest absolute Gasteiger partial charge is 0.503 e. The van der Waals surface area contributed by atoms with Crippen LogP contribution in [0.3, 0.4) is 0 Å². The van der Waals surface area contributed by atoms with Crippen LogP contribution in [0.1, 0.15) is 0 Å². The average molecular weight is 730 g/mol. The van der Waals surface area contributed by atoms with E-state index in [1.165, 1.54) is 10.8 Å². The Balaban J connectivity index is 1.18. The maximum Gasteiger partial charge on any atom is 0.208 e. The number of hydrogen-bond acceptors (Lipinski definition) is 5. The maximum atomic E-state index is 11.0. The number of benzene rings is 8. The van der Waals surface area contributed by atoms with E-state index < -0.39 is 28.7 Å². The third kappa shape index (κ3) is 4.29. The van der Waals surface area contributed by atoms with E-state index in [9.17, 15) is 25.5 Å². The number of phenolic OH excluding ortho intramolecular Hbond substituents is 5. The lowest BCUT2D eigenvalue weighted by Crippen LogP contribution is -1.96. The van der Waals surface area contributed by atoms with Crippen LogP contribution < -0.4 is 0 Å². The molecule has 0 saturated heterocycles. The van der Waals surface area contributed by atoms with E-state index in [2.05, 4.69) is 118 Å². The first-order chi connectivity index (χ1) is 27.4. The standard InChI is InChI=1S/C48H31N3O5/c52-44-43(45(53)47(55)48(56)46(44)54)51-38-18-10-8-15-31(38)33-23-27(20-22-40(33)51)28-19-21-39-34(24-28)36-25-35-32-16-7-9-17-37(32)49(29-11-3-1-4-12-29)41(35)26-42(36)50(39)30-13-5-2-6-14-30/h1-26,52-56H. The van der Waals surface area contributed by atoms with Gasteiger partial charge in [-0.05, 0) is 83.9 Å². The SMILES string of the molecule is Oc1c(O)c(O)c(-n2c3ccccc3c3cc(-c4ccc5c(c4)c4cc6c7ccccc7n(-c7ccccc7)c6cc4n5-c4ccccc4)ccc32)c(O)c1O. The second-order valence-corrected chi connectivity index (χ2v) is 14.2. The van der Waals surface area contributed by atoms with Crippen molar-refractivity contribution >= 4 is 65.4 Å². The number of hydrogen-bond donors (Lipinski definition) is 5. The van der Waals surface area contributed by atoms with Gasteiger partial charge in [-0.1, -0.05) is 84.9 Å². The van der Waals surface area contributed by atoms with Gasteiger partial charge in [0.25, 0.3) is 0 Å². The Hall–Kier alpha value is -7.84. The van der Waals surface area contributed by atoms with Crippen LogP contribution in [0.15, 0.2) is 158 Å². The van der Waals surface area contributed by atoms with Crippen LogP contribution in [0, 0.1) is 0 Å². The van der Waals surface area contributed by atoms with E-state index >= 15 is 0 Å². The number of para-hydroxylation sites is 4. The third-order valence-electron chi connectivity index (χ3n) is 11.2. The third-order valence-corrected chi connectivity index (χ3v) is 11.2. The lowest BCUT2D eigenvalue weighted by atomic mass is 10.00. The molecule has 268 valence electrons. The summed E-state index contributed by atoms with van der Waals surface area (Å²) in [7, 11) is 0. The molecular formula is C48H31N3O5. The molecule has 0 spiro atoms. The van der Waals surface area contributed by atoms with Gasteiger partial charge in [0.2, 0.25) is 17.2 Å². The Kier molecular flexibility index (Phi) is 6.55. The molecule has 11 rings (SSSR count). The number of phenols is 5. The Morgan fingerprint density at radius 2 is 0.643 bits per heavy atom. The zero-order valence-corrected chi connectivity index (χ0v) is 29.6. The van der Waals surface area contributed by atoms with Crippen LogP contribution in [0.5, 0.6) is 28.7 Å². The van der Waals surface area contributed by atoms with Crippen molar-refractivity contribution in [2.75, 3.05) is 0 Å². The first kappa shape index (κ1) is 31.7. The molecule has 3 aromatic heterocycles. The molecule has 8 nitrogen and oxygen atoms in total. The Bertz CT molecular complexity index is 3390. The Morgan fingerprint density at radius 3 is 1.18 bits per heavy atom. The highest BCUT2D eigenvalue weighted by Crippen LogP contribution is 2.54. The lowest BCUT2D eigenvalue weighted by Gasteiger charge is -2.15. The van der Waals surface area contributed by atoms with Gasteiger partial charge in [0.15, 0.2) is 11.5 Å². The number of aromatic hydroxyl groups is 5. The minimum Gasteiger partial charge on any atom is -0.503 e. The summed E-state index contributed by atoms with van der Waals surface area (Å²) >= 11 is 0. The normalized spacial score (nSPS) is 11.9. The van der Waals surface area contributed by atoms with Gasteiger partial charge in [0, 0.05) is 43.7 Å². The second kappa shape index (κ2) is 11.6. The van der Waals surface area contributed by atoms with Crippen LogP contribution in [0.4, 0.5) is 0 Å². The topological polar surface area (TPSA) is 116 Å². The molecule has 3 heterocycles. The molecular weight excluding hydrogens is 699 g/mol. The molecule has 0 saturated carbocycles. The molecule has 0 aliphatic rings. The van der Waals surface area contributed by atoms with Crippen molar-refractivity contribution < 1.29 is 25.5 Å². The lowest BCUT2D eigenvalue weighted by molar-refractivity contribution is 0.327. The molecule has 8 heteroatoms. The monoisotopic (exact) mass is 729 g/mol. The van der Waals surface area contributed by atoms with E-state index in [1.807, 2.05) is 48.5 Å². The fourth-order valence-corrected chi connectivity index (χ4v) is 8.65. The summed E-state index contributed by atoms with van der Waals surface area (Å²) in [5, 5.41) is 59.1. The Labute approximate surface area is 318 Å². The molecule has 5 N–H and O–H groups in total. The van der Waals surface area contributed by atoms with Crippen molar-refractivity contribution in [3.8, 4) is 56.9 Å². The van der Waals surface area contributed by atoms with Crippen molar-refractivity contribution in [3.05, 3.63) is 158 Å². The van der Waals surface area contributed by atoms with Gasteiger partial charge in [-0.25, -0.2) is 0 Å². The summed E-state index contributed by atoms with van der Waals surface area (Å²) in [5.41, 5.74) is 9.55. The summed E-state index contributed by atoms with van der Waals surface area (Å²) in [6.07, 6.45) is 0. The van der Waals surface area contributed by atoms with E-state index in [1.54, 1.807) is 4.57 Å². The molecule has 0 amide bonds.